The Morgan fingerprint density at radius 2 is 1.62 bits per heavy atom. The summed E-state index contributed by atoms with van der Waals surface area (Å²) in [7, 11) is 0. The maximum absolute atomic E-state index is 5.88. The molecule has 0 unspecified atom stereocenters. The lowest BCUT2D eigenvalue weighted by Crippen LogP contribution is -2.33. The number of hydrogen-bond donors (Lipinski definition) is 0. The van der Waals surface area contributed by atoms with Crippen molar-refractivity contribution in [1.29, 1.82) is 0 Å². The van der Waals surface area contributed by atoms with Crippen LogP contribution in [0.3, 0.4) is 0 Å². The zero-order valence-corrected chi connectivity index (χ0v) is 12.2. The first kappa shape index (κ1) is 14.3. The van der Waals surface area contributed by atoms with Crippen LogP contribution in [-0.2, 0) is 20.8 Å². The highest BCUT2D eigenvalue weighted by atomic mass is 16.7. The van der Waals surface area contributed by atoms with Crippen LogP contribution in [0, 0.1) is 6.92 Å². The summed E-state index contributed by atoms with van der Waals surface area (Å²) < 4.78 is 17.4. The normalized spacial score (nSPS) is 22.1. The molecule has 1 heterocycles. The molecule has 0 bridgehead atoms. The number of benzene rings is 2. The molecule has 0 spiro atoms. The van der Waals surface area contributed by atoms with Gasteiger partial charge >= 0.3 is 0 Å². The first-order valence-electron chi connectivity index (χ1n) is 7.27. The minimum atomic E-state index is -0.274. The Morgan fingerprint density at radius 1 is 0.952 bits per heavy atom. The molecule has 0 aliphatic carbocycles. The molecule has 0 saturated carbocycles. The highest BCUT2D eigenvalue weighted by Crippen LogP contribution is 2.24. The average molecular weight is 284 g/mol. The molecule has 0 amide bonds. The Bertz CT molecular complexity index is 560. The third-order valence-electron chi connectivity index (χ3n) is 3.67. The van der Waals surface area contributed by atoms with E-state index in [1.807, 2.05) is 42.5 Å². The fourth-order valence-electron chi connectivity index (χ4n) is 2.36. The molecule has 3 nitrogen and oxygen atoms in total. The number of hydrogen-bond acceptors (Lipinski definition) is 3. The van der Waals surface area contributed by atoms with Crippen LogP contribution >= 0.6 is 0 Å². The van der Waals surface area contributed by atoms with Gasteiger partial charge in [-0.15, -0.1) is 0 Å². The summed E-state index contributed by atoms with van der Waals surface area (Å²) in [5, 5.41) is 0. The van der Waals surface area contributed by atoms with Crippen LogP contribution < -0.4 is 0 Å². The van der Waals surface area contributed by atoms with E-state index >= 15 is 0 Å². The van der Waals surface area contributed by atoms with E-state index in [1.54, 1.807) is 0 Å². The van der Waals surface area contributed by atoms with Gasteiger partial charge in [0.05, 0.1) is 19.8 Å². The molecule has 2 aromatic carbocycles. The maximum atomic E-state index is 5.88. The summed E-state index contributed by atoms with van der Waals surface area (Å²) in [4.78, 5) is 0. The second kappa shape index (κ2) is 6.85. The van der Waals surface area contributed by atoms with Crippen molar-refractivity contribution < 1.29 is 14.2 Å². The molecular weight excluding hydrogens is 264 g/mol. The second-order valence-electron chi connectivity index (χ2n) is 5.27. The van der Waals surface area contributed by atoms with Crippen molar-refractivity contribution in [1.82, 2.24) is 0 Å². The van der Waals surface area contributed by atoms with E-state index in [4.69, 9.17) is 14.2 Å². The van der Waals surface area contributed by atoms with Gasteiger partial charge in [0, 0.05) is 5.56 Å². The van der Waals surface area contributed by atoms with Crippen molar-refractivity contribution >= 4 is 0 Å². The Labute approximate surface area is 125 Å². The largest absolute Gasteiger partial charge is 0.369 e. The van der Waals surface area contributed by atoms with Crippen molar-refractivity contribution in [2.24, 2.45) is 0 Å². The number of aryl methyl sites for hydroxylation is 1. The summed E-state index contributed by atoms with van der Waals surface area (Å²) in [6.45, 7) is 3.81. The molecule has 1 fully saturated rings. The van der Waals surface area contributed by atoms with Crippen molar-refractivity contribution in [2.45, 2.75) is 25.9 Å². The Hall–Kier alpha value is -1.68. The van der Waals surface area contributed by atoms with Crippen LogP contribution in [0.1, 0.15) is 23.0 Å². The fraction of sp³-hybridized carbons (Fsp3) is 0.333. The monoisotopic (exact) mass is 284 g/mol. The third-order valence-corrected chi connectivity index (χ3v) is 3.67. The Balaban J connectivity index is 1.49. The van der Waals surface area contributed by atoms with Crippen LogP contribution in [0.25, 0.3) is 0 Å². The summed E-state index contributed by atoms with van der Waals surface area (Å²) in [5.41, 5.74) is 3.51. The highest BCUT2D eigenvalue weighted by molar-refractivity contribution is 5.24. The van der Waals surface area contributed by atoms with Gasteiger partial charge in [-0.2, -0.15) is 0 Å². The molecule has 1 aliphatic heterocycles. The maximum Gasteiger partial charge on any atom is 0.184 e. The SMILES string of the molecule is Cc1ccccc1CO[C@H]1CO[C@@H](c2ccccc2)OC1. The van der Waals surface area contributed by atoms with E-state index in [2.05, 4.69) is 19.1 Å². The molecule has 3 rings (SSSR count). The summed E-state index contributed by atoms with van der Waals surface area (Å²) in [6, 6.07) is 18.2. The van der Waals surface area contributed by atoms with Gasteiger partial charge in [-0.1, -0.05) is 54.6 Å². The third kappa shape index (κ3) is 3.70. The minimum absolute atomic E-state index is 0.00966. The van der Waals surface area contributed by atoms with Gasteiger partial charge in [0.25, 0.3) is 0 Å². The molecule has 0 N–H and O–H groups in total. The van der Waals surface area contributed by atoms with Crippen LogP contribution in [0.15, 0.2) is 54.6 Å². The summed E-state index contributed by atoms with van der Waals surface area (Å²) >= 11 is 0. The smallest absolute Gasteiger partial charge is 0.184 e. The molecule has 0 aromatic heterocycles. The van der Waals surface area contributed by atoms with Gasteiger partial charge in [-0.25, -0.2) is 0 Å². The van der Waals surface area contributed by atoms with E-state index in [0.29, 0.717) is 19.8 Å². The molecule has 3 heteroatoms. The number of ether oxygens (including phenoxy) is 3. The van der Waals surface area contributed by atoms with Crippen molar-refractivity contribution in [3.05, 3.63) is 71.3 Å². The molecule has 110 valence electrons. The lowest BCUT2D eigenvalue weighted by Gasteiger charge is -2.29. The fourth-order valence-corrected chi connectivity index (χ4v) is 2.36. The molecule has 0 radical (unpaired) electrons. The van der Waals surface area contributed by atoms with Crippen molar-refractivity contribution in [3.63, 3.8) is 0 Å². The molecule has 21 heavy (non-hydrogen) atoms. The predicted octanol–water partition coefficient (Wildman–Crippen LogP) is 3.63. The van der Waals surface area contributed by atoms with Crippen LogP contribution in [0.4, 0.5) is 0 Å². The zero-order chi connectivity index (χ0) is 14.5. The standard InChI is InChI=1S/C18H20O3/c1-14-7-5-6-10-16(14)11-19-17-12-20-18(21-13-17)15-8-3-2-4-9-15/h2-10,17-18H,11-13H2,1H3/t17-,18+. The molecule has 2 aromatic rings. The minimum Gasteiger partial charge on any atom is -0.369 e. The van der Waals surface area contributed by atoms with E-state index < -0.39 is 0 Å². The van der Waals surface area contributed by atoms with Gasteiger partial charge in [0.1, 0.15) is 6.10 Å². The Kier molecular flexibility index (Phi) is 4.65. The highest BCUT2D eigenvalue weighted by Gasteiger charge is 2.23. The van der Waals surface area contributed by atoms with Crippen molar-refractivity contribution in [2.75, 3.05) is 13.2 Å². The quantitative estimate of drug-likeness (QED) is 0.858. The van der Waals surface area contributed by atoms with Gasteiger partial charge in [0.15, 0.2) is 6.29 Å². The van der Waals surface area contributed by atoms with E-state index in [0.717, 1.165) is 5.56 Å². The van der Waals surface area contributed by atoms with Crippen LogP contribution in [0.2, 0.25) is 0 Å². The van der Waals surface area contributed by atoms with Gasteiger partial charge in [-0.3, -0.25) is 0 Å². The van der Waals surface area contributed by atoms with Gasteiger partial charge < -0.3 is 14.2 Å². The molecule has 1 aliphatic rings. The zero-order valence-electron chi connectivity index (χ0n) is 12.2. The second-order valence-corrected chi connectivity index (χ2v) is 5.27. The predicted molar refractivity (Wildman–Crippen MR) is 80.8 cm³/mol. The van der Waals surface area contributed by atoms with E-state index in [-0.39, 0.29) is 12.4 Å². The van der Waals surface area contributed by atoms with Crippen molar-refractivity contribution in [3.8, 4) is 0 Å². The van der Waals surface area contributed by atoms with Crippen LogP contribution in [-0.4, -0.2) is 19.3 Å². The lowest BCUT2D eigenvalue weighted by atomic mass is 10.1. The van der Waals surface area contributed by atoms with E-state index in [1.165, 1.54) is 11.1 Å². The molecule has 1 saturated heterocycles. The van der Waals surface area contributed by atoms with Gasteiger partial charge in [0.2, 0.25) is 0 Å². The lowest BCUT2D eigenvalue weighted by molar-refractivity contribution is -0.232. The first-order valence-corrected chi connectivity index (χ1v) is 7.27. The van der Waals surface area contributed by atoms with Gasteiger partial charge in [-0.05, 0) is 18.1 Å². The summed E-state index contributed by atoms with van der Waals surface area (Å²) in [5.74, 6) is 0. The van der Waals surface area contributed by atoms with E-state index in [9.17, 15) is 0 Å². The van der Waals surface area contributed by atoms with Crippen LogP contribution in [0.5, 0.6) is 0 Å². The number of rotatable bonds is 4. The molecule has 0 atom stereocenters. The Morgan fingerprint density at radius 3 is 2.33 bits per heavy atom. The average Bonchev–Trinajstić information content (AvgIpc) is 2.55. The summed E-state index contributed by atoms with van der Waals surface area (Å²) in [6.07, 6.45) is -0.283. The first-order chi connectivity index (χ1) is 10.3. The molecular formula is C18H20O3. The topological polar surface area (TPSA) is 27.7 Å².